The lowest BCUT2D eigenvalue weighted by Crippen LogP contribution is -2.17. The summed E-state index contributed by atoms with van der Waals surface area (Å²) in [5.41, 5.74) is 1.17. The molecule has 3 rings (SSSR count). The van der Waals surface area contributed by atoms with E-state index in [-0.39, 0.29) is 16.6 Å². The monoisotopic (exact) mass is 386 g/mol. The van der Waals surface area contributed by atoms with E-state index in [0.29, 0.717) is 28.5 Å². The average molecular weight is 386 g/mol. The summed E-state index contributed by atoms with van der Waals surface area (Å²) in [5.74, 6) is 0. The summed E-state index contributed by atoms with van der Waals surface area (Å²) >= 11 is 1.55. The van der Waals surface area contributed by atoms with Crippen molar-refractivity contribution in [1.82, 2.24) is 9.88 Å². The van der Waals surface area contributed by atoms with Crippen LogP contribution in [-0.2, 0) is 0 Å². The van der Waals surface area contributed by atoms with Crippen molar-refractivity contribution >= 4 is 44.9 Å². The van der Waals surface area contributed by atoms with Crippen molar-refractivity contribution < 1.29 is 4.92 Å². The van der Waals surface area contributed by atoms with Gasteiger partial charge in [-0.25, -0.2) is 0 Å². The molecule has 0 saturated carbocycles. The molecule has 0 amide bonds. The summed E-state index contributed by atoms with van der Waals surface area (Å²) in [5, 5.41) is 15.6. The Morgan fingerprint density at radius 1 is 1.26 bits per heavy atom. The quantitative estimate of drug-likeness (QED) is 0.212. The molecule has 27 heavy (non-hydrogen) atoms. The summed E-state index contributed by atoms with van der Waals surface area (Å²) in [7, 11) is 4.00. The van der Waals surface area contributed by atoms with Crippen LogP contribution in [0.4, 0.5) is 11.4 Å². The molecule has 0 aliphatic carbocycles. The number of hydrogen-bond acceptors (Lipinski definition) is 6. The van der Waals surface area contributed by atoms with Gasteiger partial charge in [0.15, 0.2) is 5.43 Å². The fraction of sp³-hybridized carbons (Fsp3) is 0.316. The Labute approximate surface area is 160 Å². The third kappa shape index (κ3) is 3.91. The van der Waals surface area contributed by atoms with Gasteiger partial charge >= 0.3 is 0 Å². The number of non-ortho nitro benzene ring substituents is 1. The van der Waals surface area contributed by atoms with Gasteiger partial charge in [0.1, 0.15) is 5.52 Å². The number of rotatable bonds is 7. The Morgan fingerprint density at radius 3 is 2.70 bits per heavy atom. The molecule has 3 aromatic rings. The molecule has 2 aromatic carbocycles. The number of thioether (sulfide) groups is 1. The van der Waals surface area contributed by atoms with Crippen LogP contribution < -0.4 is 10.7 Å². The Hall–Kier alpha value is -2.58. The number of nitrogens with zero attached hydrogens (tertiary/aromatic N) is 2. The lowest BCUT2D eigenvalue weighted by Gasteiger charge is -2.13. The Morgan fingerprint density at radius 2 is 2.04 bits per heavy atom. The maximum absolute atomic E-state index is 13.2. The summed E-state index contributed by atoms with van der Waals surface area (Å²) in [6.45, 7) is 1.59. The van der Waals surface area contributed by atoms with Crippen molar-refractivity contribution in [1.29, 1.82) is 0 Å². The summed E-state index contributed by atoms with van der Waals surface area (Å²) in [6, 6.07) is 8.57. The van der Waals surface area contributed by atoms with Gasteiger partial charge in [0.2, 0.25) is 0 Å². The van der Waals surface area contributed by atoms with E-state index >= 15 is 0 Å². The molecule has 0 unspecified atom stereocenters. The lowest BCUT2D eigenvalue weighted by atomic mass is 10.1. The molecule has 0 fully saturated rings. The van der Waals surface area contributed by atoms with E-state index in [0.717, 1.165) is 17.9 Å². The smallest absolute Gasteiger partial charge is 0.293 e. The molecule has 0 aliphatic rings. The highest BCUT2D eigenvalue weighted by molar-refractivity contribution is 7.98. The first kappa shape index (κ1) is 19.2. The number of benzene rings is 2. The largest absolute Gasteiger partial charge is 0.384 e. The summed E-state index contributed by atoms with van der Waals surface area (Å²) in [4.78, 5) is 30.3. The second-order valence-electron chi connectivity index (χ2n) is 6.59. The van der Waals surface area contributed by atoms with E-state index < -0.39 is 4.92 Å². The topological polar surface area (TPSA) is 91.3 Å². The fourth-order valence-electron chi connectivity index (χ4n) is 3.09. The third-order valence-corrected chi connectivity index (χ3v) is 5.16. The molecular formula is C19H22N4O3S. The molecule has 0 bridgehead atoms. The van der Waals surface area contributed by atoms with E-state index in [1.165, 1.54) is 6.07 Å². The van der Waals surface area contributed by atoms with Crippen molar-refractivity contribution in [2.45, 2.75) is 11.3 Å². The molecule has 7 nitrogen and oxygen atoms in total. The van der Waals surface area contributed by atoms with E-state index in [2.05, 4.69) is 15.2 Å². The zero-order valence-electron chi connectivity index (χ0n) is 15.5. The number of H-pyrrole nitrogens is 1. The molecule has 1 heterocycles. The highest BCUT2D eigenvalue weighted by Gasteiger charge is 2.19. The van der Waals surface area contributed by atoms with Gasteiger partial charge in [-0.05, 0) is 57.6 Å². The Bertz CT molecular complexity index is 1060. The number of aromatic amines is 1. The van der Waals surface area contributed by atoms with Crippen LogP contribution in [0, 0.1) is 10.1 Å². The van der Waals surface area contributed by atoms with Crippen LogP contribution in [0.1, 0.15) is 6.42 Å². The van der Waals surface area contributed by atoms with Crippen molar-refractivity contribution in [3.8, 4) is 0 Å². The first-order chi connectivity index (χ1) is 12.9. The van der Waals surface area contributed by atoms with Crippen molar-refractivity contribution in [3.05, 3.63) is 50.7 Å². The minimum Gasteiger partial charge on any atom is -0.384 e. The Balaban J connectivity index is 2.18. The number of aromatic nitrogens is 1. The Kier molecular flexibility index (Phi) is 5.67. The molecule has 0 atom stereocenters. The molecule has 0 spiro atoms. The van der Waals surface area contributed by atoms with Gasteiger partial charge in [-0.2, -0.15) is 0 Å². The normalized spacial score (nSPS) is 11.4. The van der Waals surface area contributed by atoms with Gasteiger partial charge in [-0.3, -0.25) is 14.9 Å². The molecular weight excluding hydrogens is 364 g/mol. The van der Waals surface area contributed by atoms with Crippen LogP contribution in [0.5, 0.6) is 0 Å². The second-order valence-corrected chi connectivity index (χ2v) is 7.47. The van der Waals surface area contributed by atoms with E-state index in [9.17, 15) is 14.9 Å². The highest BCUT2D eigenvalue weighted by Crippen LogP contribution is 2.30. The highest BCUT2D eigenvalue weighted by atomic mass is 32.2. The van der Waals surface area contributed by atoms with Crippen LogP contribution in [0.2, 0.25) is 0 Å². The number of fused-ring (bicyclic) bond motifs is 2. The molecule has 0 radical (unpaired) electrons. The zero-order chi connectivity index (χ0) is 19.6. The van der Waals surface area contributed by atoms with Crippen LogP contribution >= 0.6 is 11.8 Å². The van der Waals surface area contributed by atoms with Gasteiger partial charge in [0, 0.05) is 28.6 Å². The van der Waals surface area contributed by atoms with E-state index in [1.807, 2.05) is 32.5 Å². The predicted octanol–water partition coefficient (Wildman–Crippen LogP) is 3.68. The molecule has 0 saturated heterocycles. The molecule has 1 aromatic heterocycles. The van der Waals surface area contributed by atoms with Crippen molar-refractivity contribution in [3.63, 3.8) is 0 Å². The number of nitro groups is 1. The van der Waals surface area contributed by atoms with Crippen LogP contribution in [-0.4, -0.2) is 48.2 Å². The van der Waals surface area contributed by atoms with Crippen LogP contribution in [0.3, 0.4) is 0 Å². The number of nitrogens with one attached hydrogen (secondary N) is 2. The van der Waals surface area contributed by atoms with Gasteiger partial charge < -0.3 is 15.2 Å². The van der Waals surface area contributed by atoms with Crippen LogP contribution in [0.15, 0.2) is 40.0 Å². The first-order valence-electron chi connectivity index (χ1n) is 8.62. The van der Waals surface area contributed by atoms with Crippen LogP contribution in [0.25, 0.3) is 21.8 Å². The maximum atomic E-state index is 13.2. The van der Waals surface area contributed by atoms with Gasteiger partial charge in [-0.1, -0.05) is 0 Å². The zero-order valence-corrected chi connectivity index (χ0v) is 16.4. The number of hydrogen-bond donors (Lipinski definition) is 2. The standard InChI is InChI=1S/C19H22N4O3S/c1-22(2)10-4-9-20-15-7-8-16(23(25)26)18-17(15)19(24)13-11-12(27-3)5-6-14(13)21-18/h5-8,11,20H,4,9-10H2,1-3H3,(H,21,24). The summed E-state index contributed by atoms with van der Waals surface area (Å²) in [6.07, 6.45) is 2.84. The third-order valence-electron chi connectivity index (χ3n) is 4.44. The number of pyridine rings is 1. The van der Waals surface area contributed by atoms with Gasteiger partial charge in [-0.15, -0.1) is 11.8 Å². The average Bonchev–Trinajstić information content (AvgIpc) is 2.64. The molecule has 0 aliphatic heterocycles. The van der Waals surface area contributed by atoms with Gasteiger partial charge in [0.05, 0.1) is 15.8 Å². The number of nitro benzene ring substituents is 1. The minimum absolute atomic E-state index is 0.100. The molecule has 2 N–H and O–H groups in total. The summed E-state index contributed by atoms with van der Waals surface area (Å²) < 4.78 is 0. The maximum Gasteiger partial charge on any atom is 0.293 e. The van der Waals surface area contributed by atoms with E-state index in [4.69, 9.17) is 0 Å². The molecule has 8 heteroatoms. The minimum atomic E-state index is -0.462. The van der Waals surface area contributed by atoms with E-state index in [1.54, 1.807) is 23.9 Å². The van der Waals surface area contributed by atoms with Crippen molar-refractivity contribution in [2.75, 3.05) is 38.8 Å². The number of anilines is 1. The molecule has 142 valence electrons. The lowest BCUT2D eigenvalue weighted by molar-refractivity contribution is -0.383. The fourth-order valence-corrected chi connectivity index (χ4v) is 3.53. The van der Waals surface area contributed by atoms with Gasteiger partial charge in [0.25, 0.3) is 5.69 Å². The predicted molar refractivity (Wildman–Crippen MR) is 112 cm³/mol. The van der Waals surface area contributed by atoms with Crippen molar-refractivity contribution in [2.24, 2.45) is 0 Å². The SMILES string of the molecule is CSc1ccc2[nH]c3c([N+](=O)[O-])ccc(NCCCN(C)C)c3c(=O)c2c1. The second kappa shape index (κ2) is 7.98. The first-order valence-corrected chi connectivity index (χ1v) is 9.84.